The first kappa shape index (κ1) is 14.0. The number of H-pyrrole nitrogens is 1. The van der Waals surface area contributed by atoms with E-state index in [9.17, 15) is 9.90 Å². The van der Waals surface area contributed by atoms with E-state index in [0.29, 0.717) is 11.2 Å². The predicted octanol–water partition coefficient (Wildman–Crippen LogP) is 0.534. The number of aromatic amines is 1. The predicted molar refractivity (Wildman–Crippen MR) is 77.1 cm³/mol. The van der Waals surface area contributed by atoms with Crippen LogP contribution in [0.4, 0.5) is 0 Å². The van der Waals surface area contributed by atoms with Gasteiger partial charge in [-0.3, -0.25) is 0 Å². The van der Waals surface area contributed by atoms with Crippen molar-refractivity contribution in [2.75, 3.05) is 0 Å². The quantitative estimate of drug-likeness (QED) is 0.600. The number of carbonyl (C=O) groups is 1. The van der Waals surface area contributed by atoms with E-state index in [2.05, 4.69) is 19.9 Å². The van der Waals surface area contributed by atoms with Crippen molar-refractivity contribution in [3.63, 3.8) is 0 Å². The molecule has 1 atom stereocenters. The Morgan fingerprint density at radius 2 is 2.05 bits per heavy atom. The van der Waals surface area contributed by atoms with Gasteiger partial charge >= 0.3 is 5.97 Å². The summed E-state index contributed by atoms with van der Waals surface area (Å²) in [5, 5.41) is 9.23. The van der Waals surface area contributed by atoms with Crippen LogP contribution in [0.3, 0.4) is 0 Å². The number of ether oxygens (including phenoxy) is 1. The molecule has 0 aliphatic heterocycles. The minimum absolute atomic E-state index is 0.0913. The second-order valence-electron chi connectivity index (χ2n) is 4.68. The van der Waals surface area contributed by atoms with Crippen molar-refractivity contribution in [1.82, 2.24) is 19.9 Å². The molecule has 2 heterocycles. The van der Waals surface area contributed by atoms with Crippen LogP contribution >= 0.6 is 0 Å². The standard InChI is InChI=1S/C14H13N5O3/c15-10(5-8-1-3-9(20)4-2-8)14(21)22-13-11-12(17-6-16-11)18-7-19-13/h1-4,6-7,10,20H,5,15H2,(H,16,17,18,19)/t10-/m0/s1. The number of carbonyl (C=O) groups excluding carboxylic acids is 1. The van der Waals surface area contributed by atoms with Gasteiger partial charge in [-0.05, 0) is 24.1 Å². The fourth-order valence-electron chi connectivity index (χ4n) is 1.96. The zero-order valence-electron chi connectivity index (χ0n) is 11.4. The third kappa shape index (κ3) is 2.86. The molecule has 0 aliphatic rings. The summed E-state index contributed by atoms with van der Waals surface area (Å²) in [7, 11) is 0. The Balaban J connectivity index is 1.71. The number of nitrogens with one attached hydrogen (secondary N) is 1. The lowest BCUT2D eigenvalue weighted by atomic mass is 10.1. The molecule has 0 saturated carbocycles. The van der Waals surface area contributed by atoms with Crippen LogP contribution in [0.1, 0.15) is 5.56 Å². The molecular weight excluding hydrogens is 286 g/mol. The smallest absolute Gasteiger partial charge is 0.330 e. The number of esters is 1. The van der Waals surface area contributed by atoms with E-state index in [1.807, 2.05) is 0 Å². The van der Waals surface area contributed by atoms with E-state index in [-0.39, 0.29) is 18.1 Å². The van der Waals surface area contributed by atoms with E-state index in [1.54, 1.807) is 12.1 Å². The van der Waals surface area contributed by atoms with Crippen molar-refractivity contribution in [1.29, 1.82) is 0 Å². The summed E-state index contributed by atoms with van der Waals surface area (Å²) in [5.74, 6) is -0.362. The van der Waals surface area contributed by atoms with Gasteiger partial charge in [0, 0.05) is 0 Å². The Labute approximate surface area is 125 Å². The molecule has 0 radical (unpaired) electrons. The van der Waals surface area contributed by atoms with Crippen LogP contribution in [-0.4, -0.2) is 37.1 Å². The Bertz CT molecular complexity index is 800. The third-order valence-electron chi connectivity index (χ3n) is 3.08. The van der Waals surface area contributed by atoms with E-state index < -0.39 is 12.0 Å². The second kappa shape index (κ2) is 5.78. The number of aromatic nitrogens is 4. The molecule has 0 amide bonds. The molecule has 112 valence electrons. The number of phenolic OH excluding ortho intramolecular Hbond substituents is 1. The number of phenols is 1. The van der Waals surface area contributed by atoms with Crippen LogP contribution in [0.15, 0.2) is 36.9 Å². The van der Waals surface area contributed by atoms with E-state index in [1.165, 1.54) is 24.8 Å². The van der Waals surface area contributed by atoms with Gasteiger partial charge in [0.15, 0.2) is 5.65 Å². The van der Waals surface area contributed by atoms with Crippen molar-refractivity contribution in [3.05, 3.63) is 42.5 Å². The fraction of sp³-hybridized carbons (Fsp3) is 0.143. The van der Waals surface area contributed by atoms with Gasteiger partial charge in [-0.15, -0.1) is 0 Å². The normalized spacial score (nSPS) is 12.2. The highest BCUT2D eigenvalue weighted by Gasteiger charge is 2.19. The number of nitrogens with zero attached hydrogens (tertiary/aromatic N) is 3. The monoisotopic (exact) mass is 299 g/mol. The summed E-state index contributed by atoms with van der Waals surface area (Å²) >= 11 is 0. The summed E-state index contributed by atoms with van der Waals surface area (Å²) in [6.07, 6.45) is 2.99. The van der Waals surface area contributed by atoms with Gasteiger partial charge in [-0.1, -0.05) is 12.1 Å². The molecule has 0 bridgehead atoms. The molecule has 0 fully saturated rings. The van der Waals surface area contributed by atoms with Crippen LogP contribution in [0.25, 0.3) is 11.2 Å². The maximum Gasteiger partial charge on any atom is 0.330 e. The lowest BCUT2D eigenvalue weighted by molar-refractivity contribution is -0.136. The number of benzene rings is 1. The molecule has 3 aromatic rings. The van der Waals surface area contributed by atoms with E-state index >= 15 is 0 Å². The highest BCUT2D eigenvalue weighted by atomic mass is 16.5. The zero-order chi connectivity index (χ0) is 15.5. The van der Waals surface area contributed by atoms with Crippen LogP contribution in [0, 0.1) is 0 Å². The summed E-state index contributed by atoms with van der Waals surface area (Å²) in [6, 6.07) is 5.61. The van der Waals surface area contributed by atoms with Gasteiger partial charge in [-0.25, -0.2) is 14.8 Å². The van der Waals surface area contributed by atoms with Crippen LogP contribution < -0.4 is 10.5 Å². The highest BCUT2D eigenvalue weighted by molar-refractivity contribution is 5.83. The first-order chi connectivity index (χ1) is 10.6. The SMILES string of the molecule is N[C@@H](Cc1ccc(O)cc1)C(=O)Oc1ncnc2nc[nH]c12. The molecule has 2 aromatic heterocycles. The molecule has 4 N–H and O–H groups in total. The van der Waals surface area contributed by atoms with Crippen LogP contribution in [0.5, 0.6) is 11.6 Å². The molecule has 0 aliphatic carbocycles. The second-order valence-corrected chi connectivity index (χ2v) is 4.68. The highest BCUT2D eigenvalue weighted by Crippen LogP contribution is 2.18. The molecule has 0 spiro atoms. The Hall–Kier alpha value is -3.00. The largest absolute Gasteiger partial charge is 0.508 e. The van der Waals surface area contributed by atoms with Crippen LogP contribution in [0.2, 0.25) is 0 Å². The van der Waals surface area contributed by atoms with Crippen molar-refractivity contribution in [2.24, 2.45) is 5.73 Å². The summed E-state index contributed by atoms with van der Waals surface area (Å²) < 4.78 is 5.21. The maximum absolute atomic E-state index is 12.1. The number of fused-ring (bicyclic) bond motifs is 1. The van der Waals surface area contributed by atoms with Gasteiger partial charge in [0.25, 0.3) is 5.88 Å². The number of aromatic hydroxyl groups is 1. The summed E-state index contributed by atoms with van der Waals surface area (Å²) in [5.41, 5.74) is 7.51. The molecule has 22 heavy (non-hydrogen) atoms. The number of imidazole rings is 1. The molecule has 8 heteroatoms. The van der Waals surface area contributed by atoms with Crippen molar-refractivity contribution in [3.8, 4) is 11.6 Å². The van der Waals surface area contributed by atoms with Crippen molar-refractivity contribution >= 4 is 17.1 Å². The molecular formula is C14H13N5O3. The number of hydrogen-bond acceptors (Lipinski definition) is 7. The molecule has 0 saturated heterocycles. The minimum atomic E-state index is -0.850. The van der Waals surface area contributed by atoms with Gasteiger partial charge in [0.05, 0.1) is 6.33 Å². The van der Waals surface area contributed by atoms with Gasteiger partial charge in [-0.2, -0.15) is 4.98 Å². The number of nitrogens with two attached hydrogens (primary N) is 1. The van der Waals surface area contributed by atoms with Crippen molar-refractivity contribution < 1.29 is 14.6 Å². The number of hydrogen-bond donors (Lipinski definition) is 3. The van der Waals surface area contributed by atoms with E-state index in [0.717, 1.165) is 5.56 Å². The average Bonchev–Trinajstić information content (AvgIpc) is 2.99. The maximum atomic E-state index is 12.1. The Morgan fingerprint density at radius 1 is 1.27 bits per heavy atom. The lowest BCUT2D eigenvalue weighted by Crippen LogP contribution is -2.36. The van der Waals surface area contributed by atoms with Gasteiger partial charge in [0.2, 0.25) is 0 Å². The molecule has 3 rings (SSSR count). The summed E-state index contributed by atoms with van der Waals surface area (Å²) in [4.78, 5) is 26.7. The van der Waals surface area contributed by atoms with Crippen LogP contribution in [-0.2, 0) is 11.2 Å². The van der Waals surface area contributed by atoms with Gasteiger partial charge in [0.1, 0.15) is 23.6 Å². The molecule has 0 unspecified atom stereocenters. The van der Waals surface area contributed by atoms with E-state index in [4.69, 9.17) is 10.5 Å². The minimum Gasteiger partial charge on any atom is -0.508 e. The summed E-state index contributed by atoms with van der Waals surface area (Å²) in [6.45, 7) is 0. The Kier molecular flexibility index (Phi) is 3.67. The number of rotatable bonds is 4. The molecule has 8 nitrogen and oxygen atoms in total. The topological polar surface area (TPSA) is 127 Å². The fourth-order valence-corrected chi connectivity index (χ4v) is 1.96. The first-order valence-electron chi connectivity index (χ1n) is 6.53. The average molecular weight is 299 g/mol. The van der Waals surface area contributed by atoms with Gasteiger partial charge < -0.3 is 20.6 Å². The Morgan fingerprint density at radius 3 is 2.82 bits per heavy atom. The molecule has 1 aromatic carbocycles. The first-order valence-corrected chi connectivity index (χ1v) is 6.53. The lowest BCUT2D eigenvalue weighted by Gasteiger charge is -2.11. The van der Waals surface area contributed by atoms with Crippen molar-refractivity contribution in [2.45, 2.75) is 12.5 Å². The third-order valence-corrected chi connectivity index (χ3v) is 3.08. The zero-order valence-corrected chi connectivity index (χ0v) is 11.4.